The number of benzene rings is 2. The number of rotatable bonds is 52. The lowest BCUT2D eigenvalue weighted by atomic mass is 9.83. The fourth-order valence-electron chi connectivity index (χ4n) is 15.3. The number of amides is 10. The van der Waals surface area contributed by atoms with E-state index in [1.807, 2.05) is 74.4 Å². The number of hydrogen-bond acceptors (Lipinski definition) is 21. The molecule has 2 aliphatic heterocycles. The lowest BCUT2D eigenvalue weighted by Gasteiger charge is -2.41. The highest BCUT2D eigenvalue weighted by Gasteiger charge is 2.49. The van der Waals surface area contributed by atoms with Crippen molar-refractivity contribution in [1.29, 1.82) is 0 Å². The molecule has 29 nitrogen and oxygen atoms in total. The van der Waals surface area contributed by atoms with Gasteiger partial charge in [-0.25, -0.2) is 14.0 Å². The van der Waals surface area contributed by atoms with Gasteiger partial charge in [-0.15, -0.1) is 11.8 Å². The average Bonchev–Trinajstić information content (AvgIpc) is 1.69. The first-order valence-corrected chi connectivity index (χ1v) is 41.5. The summed E-state index contributed by atoms with van der Waals surface area (Å²) in [6.45, 7) is 16.1. The maximum atomic E-state index is 15.1. The Balaban J connectivity index is 1.17. The zero-order chi connectivity index (χ0) is 85.7. The molecule has 1 unspecified atom stereocenters. The molecule has 115 heavy (non-hydrogen) atoms. The fourth-order valence-corrected chi connectivity index (χ4v) is 16.8. The van der Waals surface area contributed by atoms with Crippen LogP contribution in [-0.4, -0.2) is 250 Å². The van der Waals surface area contributed by atoms with E-state index < -0.39 is 119 Å². The first kappa shape index (κ1) is 97.2. The number of nitrogens with two attached hydrogens (primary N) is 1. The number of alkyl carbamates (subject to hydrolysis) is 1. The number of methoxy groups -OCH3 is 3. The minimum absolute atomic E-state index is 0.00515. The van der Waals surface area contributed by atoms with Crippen molar-refractivity contribution >= 4 is 94.3 Å². The highest BCUT2D eigenvalue weighted by atomic mass is 32.2. The summed E-state index contributed by atoms with van der Waals surface area (Å²) in [6.07, 6.45) is 0.880. The predicted octanol–water partition coefficient (Wildman–Crippen LogP) is 8.06. The molecule has 3 fully saturated rings. The van der Waals surface area contributed by atoms with Gasteiger partial charge in [0.25, 0.3) is 0 Å². The first-order valence-electron chi connectivity index (χ1n) is 40.5. The largest absolute Gasteiger partial charge is 0.494 e. The molecule has 3 aliphatic rings. The SMILES string of the molecule is CC[C@H](C)[C@@H]([C@@H](CC(=O)N1C[C@@H](OC(=O)NCCN(C)C(=O)OCc2ccc(CC(=O)[C@H](CCCCC(N)=O)NC(=O)[C@@H](CC(=O)CCCCCN3C(=O)CC(SCC4(CC(=O)NC)CC4)C3=O)C(C)C)cc2)C[C@H]1[C@H](OC)[C@@H](C)C(=O)NCC(=O)c1ccc(OC)c(F)c1)OC)N(C)C(=O)[C@@H](CC(=O)[C@H](C(C)C)N(C)C)C(C)C. The number of primary amides is 1. The number of imide groups is 1. The summed E-state index contributed by atoms with van der Waals surface area (Å²) in [6, 6.07) is 7.51. The second kappa shape index (κ2) is 47.1. The zero-order valence-electron chi connectivity index (χ0n) is 70.7. The van der Waals surface area contributed by atoms with Crippen molar-refractivity contribution in [2.75, 3.05) is 95.0 Å². The maximum absolute atomic E-state index is 15.1. The van der Waals surface area contributed by atoms with Crippen molar-refractivity contribution in [2.45, 2.75) is 232 Å². The molecule has 1 aliphatic carbocycles. The monoisotopic (exact) mass is 1630 g/mol. The molecule has 2 saturated heterocycles. The van der Waals surface area contributed by atoms with Crippen molar-refractivity contribution in [2.24, 2.45) is 52.6 Å². The molecule has 12 atom stereocenters. The molecule has 642 valence electrons. The van der Waals surface area contributed by atoms with E-state index in [0.29, 0.717) is 61.8 Å². The van der Waals surface area contributed by atoms with Gasteiger partial charge in [0.2, 0.25) is 47.3 Å². The van der Waals surface area contributed by atoms with Crippen LogP contribution in [0.1, 0.15) is 193 Å². The minimum Gasteiger partial charge on any atom is -0.494 e. The smallest absolute Gasteiger partial charge is 0.409 e. The summed E-state index contributed by atoms with van der Waals surface area (Å²) in [5.74, 6) is -7.23. The Morgan fingerprint density at radius 3 is 2.00 bits per heavy atom. The Morgan fingerprint density at radius 2 is 1.42 bits per heavy atom. The lowest BCUT2D eigenvalue weighted by molar-refractivity contribution is -0.149. The minimum atomic E-state index is -1.05. The third-order valence-corrected chi connectivity index (χ3v) is 24.2. The Bertz CT molecular complexity index is 3640. The van der Waals surface area contributed by atoms with E-state index in [9.17, 15) is 66.7 Å². The molecule has 1 saturated carbocycles. The molecule has 5 rings (SSSR count). The third kappa shape index (κ3) is 29.6. The van der Waals surface area contributed by atoms with Gasteiger partial charge in [-0.2, -0.15) is 0 Å². The van der Waals surface area contributed by atoms with Gasteiger partial charge in [0.05, 0.1) is 74.2 Å². The van der Waals surface area contributed by atoms with Gasteiger partial charge < -0.3 is 65.4 Å². The lowest BCUT2D eigenvalue weighted by Crippen LogP contribution is -2.54. The number of nitrogens with one attached hydrogen (secondary N) is 4. The normalized spacial score (nSPS) is 18.2. The van der Waals surface area contributed by atoms with Crippen molar-refractivity contribution in [3.05, 3.63) is 65.0 Å². The van der Waals surface area contributed by atoms with Crippen molar-refractivity contribution in [3.63, 3.8) is 0 Å². The molecular weight excluding hydrogens is 1500 g/mol. The van der Waals surface area contributed by atoms with Crippen LogP contribution in [0.15, 0.2) is 42.5 Å². The molecule has 0 aromatic heterocycles. The van der Waals surface area contributed by atoms with Gasteiger partial charge in [0, 0.05) is 130 Å². The summed E-state index contributed by atoms with van der Waals surface area (Å²) in [5, 5.41) is 10.4. The van der Waals surface area contributed by atoms with E-state index >= 15 is 4.79 Å². The van der Waals surface area contributed by atoms with Gasteiger partial charge in [-0.05, 0) is 111 Å². The van der Waals surface area contributed by atoms with E-state index in [1.165, 1.54) is 67.0 Å². The molecule has 0 radical (unpaired) electrons. The average molecular weight is 1630 g/mol. The van der Waals surface area contributed by atoms with Crippen LogP contribution in [0.3, 0.4) is 0 Å². The number of thioether (sulfide) groups is 1. The van der Waals surface area contributed by atoms with Crippen molar-refractivity contribution in [3.8, 4) is 5.75 Å². The maximum Gasteiger partial charge on any atom is 0.409 e. The quantitative estimate of drug-likeness (QED) is 0.0237. The van der Waals surface area contributed by atoms with Crippen LogP contribution in [0.4, 0.5) is 14.0 Å². The number of hydrogen-bond donors (Lipinski definition) is 5. The number of likely N-dealkylation sites (N-methyl/N-ethyl adjacent to an activating group) is 3. The van der Waals surface area contributed by atoms with Crippen molar-refractivity contribution in [1.82, 2.24) is 45.8 Å². The summed E-state index contributed by atoms with van der Waals surface area (Å²) < 4.78 is 43.3. The molecular formula is C84H129FN10O19S. The third-order valence-electron chi connectivity index (χ3n) is 22.6. The van der Waals surface area contributed by atoms with E-state index in [1.54, 1.807) is 50.2 Å². The highest BCUT2D eigenvalue weighted by molar-refractivity contribution is 8.00. The molecule has 10 amide bonds. The second-order valence-electron chi connectivity index (χ2n) is 32.6. The van der Waals surface area contributed by atoms with E-state index in [2.05, 4.69) is 21.3 Å². The van der Waals surface area contributed by atoms with Gasteiger partial charge in [-0.1, -0.05) is 106 Å². The molecule has 31 heteroatoms. The number of ketones is 4. The van der Waals surface area contributed by atoms with Gasteiger partial charge in [-0.3, -0.25) is 67.3 Å². The topological polar surface area (TPSA) is 375 Å². The molecule has 2 aromatic carbocycles. The van der Waals surface area contributed by atoms with Gasteiger partial charge >= 0.3 is 12.2 Å². The summed E-state index contributed by atoms with van der Waals surface area (Å²) in [7, 11) is 12.5. The highest BCUT2D eigenvalue weighted by Crippen LogP contribution is 2.52. The molecule has 2 heterocycles. The summed E-state index contributed by atoms with van der Waals surface area (Å²) in [5.41, 5.74) is 6.46. The second-order valence-corrected chi connectivity index (χ2v) is 33.8. The number of Topliss-reactive ketones (excluding diaryl/α,β-unsaturated/α-hetero) is 4. The van der Waals surface area contributed by atoms with E-state index in [0.717, 1.165) is 18.9 Å². The number of likely N-dealkylation sites (tertiary alicyclic amines) is 2. The molecule has 0 spiro atoms. The van der Waals surface area contributed by atoms with E-state index in [4.69, 9.17) is 29.4 Å². The fraction of sp³-hybridized carbons (Fsp3) is 0.690. The Hall–Kier alpha value is -8.42. The standard InChI is InChI=1S/C84H129FN10O19S/c1-18-53(8)76(93(14)80(106)61(51(4)5)42-66(98)75(52(6)7)91(11)12)69(111-16)43-73(102)95-47-59(41-64(95)77(112-17)54(9)78(104)89-46-67(99)57-31-32-68(110-15)62(85)39-57)114-82(108)88-35-37-92(13)83(109)113-48-56-29-27-55(28-30-56)38-65(97)63(25-21-22-26-71(86)100)90-79(105)60(50(2)3)40-58(96)24-20-19-23-36-94-74(103)44-70(81(94)107)115-49-84(33-34-84)45-72(101)87-10/h27-32,39,50-54,59-61,63-64,69-70,75-77H,18-26,33-38,40-49H2,1-17H3,(H2,86,100)(H,87,101)(H,88,108)(H,89,104)(H,90,105)/t53-,54+,59-,60-,61-,63-,64-,69+,70?,75-,76-,77+/m0/s1. The van der Waals surface area contributed by atoms with Crippen LogP contribution in [0.25, 0.3) is 0 Å². The Morgan fingerprint density at radius 1 is 0.757 bits per heavy atom. The van der Waals surface area contributed by atoms with Crippen LogP contribution in [0, 0.1) is 52.7 Å². The summed E-state index contributed by atoms with van der Waals surface area (Å²) >= 11 is 1.45. The number of nitrogens with zero attached hydrogens (tertiary/aromatic N) is 5. The predicted molar refractivity (Wildman–Crippen MR) is 432 cm³/mol. The van der Waals surface area contributed by atoms with Crippen LogP contribution < -0.4 is 31.7 Å². The van der Waals surface area contributed by atoms with Gasteiger partial charge in [0.15, 0.2) is 28.9 Å². The van der Waals surface area contributed by atoms with Gasteiger partial charge in [0.1, 0.15) is 18.5 Å². The molecule has 2 aromatic rings. The Kier molecular flexibility index (Phi) is 39.8. The zero-order valence-corrected chi connectivity index (χ0v) is 71.6. The first-order chi connectivity index (χ1) is 54.3. The van der Waals surface area contributed by atoms with Crippen LogP contribution >= 0.6 is 11.8 Å². The number of carbonyl (C=O) groups is 14. The van der Waals surface area contributed by atoms with Crippen LogP contribution in [0.2, 0.25) is 0 Å². The van der Waals surface area contributed by atoms with Crippen molar-refractivity contribution < 1.29 is 95.2 Å². The number of ether oxygens (including phenoxy) is 5. The number of carbonyl (C=O) groups excluding carboxylic acids is 14. The Labute approximate surface area is 682 Å². The summed E-state index contributed by atoms with van der Waals surface area (Å²) in [4.78, 5) is 196. The number of unbranched alkanes of at least 4 members (excludes halogenated alkanes) is 3. The van der Waals surface area contributed by atoms with E-state index in [-0.39, 0.29) is 172 Å². The van der Waals surface area contributed by atoms with Crippen LogP contribution in [-0.2, 0) is 84.7 Å². The molecule has 0 bridgehead atoms. The molecule has 6 N–H and O–H groups in total. The number of halogens is 1. The van der Waals surface area contributed by atoms with Crippen LogP contribution in [0.5, 0.6) is 5.75 Å².